The first kappa shape index (κ1) is 9.60. The molecule has 16 heavy (non-hydrogen) atoms. The first-order valence-electron chi connectivity index (χ1n) is 5.09. The Bertz CT molecular complexity index is 540. The minimum atomic E-state index is -0.457. The number of fused-ring (bicyclic) bond motifs is 1. The van der Waals surface area contributed by atoms with Gasteiger partial charge in [-0.3, -0.25) is 0 Å². The summed E-state index contributed by atoms with van der Waals surface area (Å²) >= 11 is 4.78. The van der Waals surface area contributed by atoms with E-state index in [1.165, 1.54) is 0 Å². The lowest BCUT2D eigenvalue weighted by Gasteiger charge is -2.28. The Balaban J connectivity index is 2.14. The Labute approximate surface area is 99.5 Å². The fourth-order valence-corrected chi connectivity index (χ4v) is 2.38. The maximum Gasteiger partial charge on any atom is 0.116 e. The number of hydrogen-bond acceptors (Lipinski definition) is 3. The monoisotopic (exact) mass is 226 g/mol. The van der Waals surface area contributed by atoms with Crippen molar-refractivity contribution in [2.45, 2.75) is 4.75 Å². The molecule has 3 rings (SSSR count). The number of benzene rings is 1. The third-order valence-electron chi connectivity index (χ3n) is 2.79. The van der Waals surface area contributed by atoms with Gasteiger partial charge in [-0.05, 0) is 11.6 Å². The predicted molar refractivity (Wildman–Crippen MR) is 70.3 cm³/mol. The summed E-state index contributed by atoms with van der Waals surface area (Å²) in [6.07, 6.45) is 7.57. The van der Waals surface area contributed by atoms with Crippen molar-refractivity contribution >= 4 is 24.7 Å². The molecule has 1 aliphatic heterocycles. The molecule has 1 heterocycles. The molecular weight excluding hydrogens is 216 g/mol. The standard InChI is InChI=1S/C13H10N2S/c16-13(10-5-2-1-3-6-10)8-4-7-11-12(13)15-9-14-11/h1-9,16H. The van der Waals surface area contributed by atoms with Crippen LogP contribution in [0.2, 0.25) is 0 Å². The molecule has 1 atom stereocenters. The van der Waals surface area contributed by atoms with Gasteiger partial charge in [-0.1, -0.05) is 42.5 Å². The molecule has 2 nitrogen and oxygen atoms in total. The van der Waals surface area contributed by atoms with Crippen LogP contribution in [0.5, 0.6) is 0 Å². The quantitative estimate of drug-likeness (QED) is 0.712. The van der Waals surface area contributed by atoms with Gasteiger partial charge in [0.25, 0.3) is 0 Å². The molecule has 1 aromatic rings. The highest BCUT2D eigenvalue weighted by Gasteiger charge is 2.36. The van der Waals surface area contributed by atoms with E-state index >= 15 is 0 Å². The maximum absolute atomic E-state index is 4.78. The second-order valence-electron chi connectivity index (χ2n) is 3.77. The average molecular weight is 226 g/mol. The average Bonchev–Trinajstić information content (AvgIpc) is 2.80. The summed E-state index contributed by atoms with van der Waals surface area (Å²) in [5.41, 5.74) is 2.93. The number of nitrogens with zero attached hydrogens (tertiary/aromatic N) is 2. The number of hydrogen-bond donors (Lipinski definition) is 1. The fraction of sp³-hybridized carbons (Fsp3) is 0.0769. The van der Waals surface area contributed by atoms with Crippen LogP contribution in [0.4, 0.5) is 0 Å². The third kappa shape index (κ3) is 1.28. The van der Waals surface area contributed by atoms with Gasteiger partial charge in [0.15, 0.2) is 0 Å². The molecule has 0 bridgehead atoms. The summed E-state index contributed by atoms with van der Waals surface area (Å²) in [5.74, 6) is 0. The number of allylic oxidation sites excluding steroid dienone is 3. The van der Waals surface area contributed by atoms with Crippen molar-refractivity contribution in [3.05, 3.63) is 59.8 Å². The minimum absolute atomic E-state index is 0.457. The van der Waals surface area contributed by atoms with Gasteiger partial charge < -0.3 is 0 Å². The molecule has 78 valence electrons. The molecule has 0 spiro atoms. The van der Waals surface area contributed by atoms with Crippen LogP contribution in [-0.4, -0.2) is 12.1 Å². The van der Waals surface area contributed by atoms with E-state index in [0.29, 0.717) is 0 Å². The normalized spacial score (nSPS) is 26.3. The van der Waals surface area contributed by atoms with E-state index in [1.54, 1.807) is 6.34 Å². The maximum atomic E-state index is 4.78. The summed E-state index contributed by atoms with van der Waals surface area (Å²) < 4.78 is -0.457. The lowest BCUT2D eigenvalue weighted by molar-refractivity contribution is 1.05. The van der Waals surface area contributed by atoms with E-state index in [-0.39, 0.29) is 0 Å². The zero-order valence-corrected chi connectivity index (χ0v) is 9.43. The number of thiol groups is 1. The zero-order valence-electron chi connectivity index (χ0n) is 8.54. The second kappa shape index (κ2) is 3.46. The Morgan fingerprint density at radius 1 is 1.12 bits per heavy atom. The van der Waals surface area contributed by atoms with Crippen molar-refractivity contribution in [1.29, 1.82) is 0 Å². The Hall–Kier alpha value is -1.61. The molecule has 1 aliphatic carbocycles. The van der Waals surface area contributed by atoms with E-state index < -0.39 is 4.75 Å². The van der Waals surface area contributed by atoms with E-state index in [1.807, 2.05) is 36.4 Å². The first-order valence-corrected chi connectivity index (χ1v) is 5.54. The van der Waals surface area contributed by atoms with Crippen LogP contribution in [0.3, 0.4) is 0 Å². The van der Waals surface area contributed by atoms with Gasteiger partial charge in [-0.15, -0.1) is 0 Å². The molecule has 1 unspecified atom stereocenters. The smallest absolute Gasteiger partial charge is 0.116 e. The SMILES string of the molecule is SC1(c2ccccc2)C=CC=C2N=CN=C21. The van der Waals surface area contributed by atoms with Gasteiger partial charge in [-0.2, -0.15) is 12.6 Å². The molecule has 3 heteroatoms. The summed E-state index contributed by atoms with van der Waals surface area (Å²) in [6, 6.07) is 10.1. The second-order valence-corrected chi connectivity index (χ2v) is 4.47. The summed E-state index contributed by atoms with van der Waals surface area (Å²) in [5, 5.41) is 0. The first-order chi connectivity index (χ1) is 7.81. The largest absolute Gasteiger partial charge is 0.237 e. The van der Waals surface area contributed by atoms with Gasteiger partial charge in [-0.25, -0.2) is 9.98 Å². The molecule has 1 aromatic carbocycles. The van der Waals surface area contributed by atoms with Crippen molar-refractivity contribution in [3.8, 4) is 0 Å². The predicted octanol–water partition coefficient (Wildman–Crippen LogP) is 2.75. The number of aliphatic imine (C=N–C) groups is 2. The lowest BCUT2D eigenvalue weighted by atomic mass is 9.88. The minimum Gasteiger partial charge on any atom is -0.237 e. The summed E-state index contributed by atoms with van der Waals surface area (Å²) in [4.78, 5) is 8.53. The highest BCUT2D eigenvalue weighted by molar-refractivity contribution is 7.82. The van der Waals surface area contributed by atoms with Crippen LogP contribution < -0.4 is 0 Å². The van der Waals surface area contributed by atoms with Crippen LogP contribution in [0, 0.1) is 0 Å². The zero-order chi connectivity index (χ0) is 11.0. The van der Waals surface area contributed by atoms with Crippen molar-refractivity contribution in [1.82, 2.24) is 0 Å². The summed E-state index contributed by atoms with van der Waals surface area (Å²) in [6.45, 7) is 0. The number of rotatable bonds is 1. The van der Waals surface area contributed by atoms with E-state index in [4.69, 9.17) is 12.6 Å². The van der Waals surface area contributed by atoms with E-state index in [9.17, 15) is 0 Å². The van der Waals surface area contributed by atoms with Crippen molar-refractivity contribution < 1.29 is 0 Å². The van der Waals surface area contributed by atoms with Crippen LogP contribution in [0.25, 0.3) is 0 Å². The molecule has 0 aromatic heterocycles. The summed E-state index contributed by atoms with van der Waals surface area (Å²) in [7, 11) is 0. The highest BCUT2D eigenvalue weighted by Crippen LogP contribution is 2.38. The molecule has 0 saturated carbocycles. The van der Waals surface area contributed by atoms with Gasteiger partial charge in [0, 0.05) is 0 Å². The van der Waals surface area contributed by atoms with Crippen molar-refractivity contribution in [2.24, 2.45) is 9.98 Å². The molecule has 0 fully saturated rings. The topological polar surface area (TPSA) is 24.7 Å². The Morgan fingerprint density at radius 3 is 2.75 bits per heavy atom. The van der Waals surface area contributed by atoms with E-state index in [2.05, 4.69) is 22.1 Å². The third-order valence-corrected chi connectivity index (χ3v) is 3.41. The van der Waals surface area contributed by atoms with E-state index in [0.717, 1.165) is 17.0 Å². The molecule has 2 aliphatic rings. The highest BCUT2D eigenvalue weighted by atomic mass is 32.1. The van der Waals surface area contributed by atoms with Crippen LogP contribution >= 0.6 is 12.6 Å². The van der Waals surface area contributed by atoms with Crippen LogP contribution in [0.15, 0.2) is 64.2 Å². The van der Waals surface area contributed by atoms with Gasteiger partial charge in [0.1, 0.15) is 11.1 Å². The molecular formula is C13H10N2S. The van der Waals surface area contributed by atoms with Crippen molar-refractivity contribution in [2.75, 3.05) is 0 Å². The molecule has 0 radical (unpaired) electrons. The molecule has 0 N–H and O–H groups in total. The van der Waals surface area contributed by atoms with Crippen molar-refractivity contribution in [3.63, 3.8) is 0 Å². The fourth-order valence-electron chi connectivity index (χ4n) is 1.97. The van der Waals surface area contributed by atoms with Gasteiger partial charge >= 0.3 is 0 Å². The molecule has 0 saturated heterocycles. The van der Waals surface area contributed by atoms with Crippen LogP contribution in [-0.2, 0) is 4.75 Å². The lowest BCUT2D eigenvalue weighted by Crippen LogP contribution is -2.29. The molecule has 0 amide bonds. The van der Waals surface area contributed by atoms with Crippen LogP contribution in [0.1, 0.15) is 5.56 Å². The Morgan fingerprint density at radius 2 is 1.94 bits per heavy atom. The van der Waals surface area contributed by atoms with Gasteiger partial charge in [0.05, 0.1) is 11.4 Å². The Kier molecular flexibility index (Phi) is 2.07. The van der Waals surface area contributed by atoms with Gasteiger partial charge in [0.2, 0.25) is 0 Å².